The van der Waals surface area contributed by atoms with E-state index >= 15 is 0 Å². The van der Waals surface area contributed by atoms with Crippen LogP contribution in [-0.4, -0.2) is 61.5 Å². The summed E-state index contributed by atoms with van der Waals surface area (Å²) in [5.74, 6) is 1.30. The van der Waals surface area contributed by atoms with Gasteiger partial charge < -0.3 is 15.1 Å². The van der Waals surface area contributed by atoms with Crippen LogP contribution in [0, 0.1) is 0 Å². The third-order valence-electron chi connectivity index (χ3n) is 6.02. The fourth-order valence-corrected chi connectivity index (χ4v) is 4.99. The number of fused-ring (bicyclic) bond motifs is 1. The van der Waals surface area contributed by atoms with Crippen LogP contribution in [-0.2, 0) is 27.9 Å². The molecule has 1 fully saturated rings. The minimum atomic E-state index is -3.41. The van der Waals surface area contributed by atoms with Crippen LogP contribution in [0.3, 0.4) is 0 Å². The monoisotopic (exact) mass is 475 g/mol. The highest BCUT2D eigenvalue weighted by molar-refractivity contribution is 7.88. The van der Waals surface area contributed by atoms with Gasteiger partial charge in [-0.25, -0.2) is 13.1 Å². The van der Waals surface area contributed by atoms with Crippen molar-refractivity contribution in [2.45, 2.75) is 57.8 Å². The summed E-state index contributed by atoms with van der Waals surface area (Å²) in [5.41, 5.74) is 2.38. The summed E-state index contributed by atoms with van der Waals surface area (Å²) in [7, 11) is -1.33. The molecule has 1 aliphatic carbocycles. The number of benzene rings is 1. The molecule has 0 spiro atoms. The number of hydrogen-bond donors (Lipinski definition) is 2. The number of nitrogens with one attached hydrogen (secondary N) is 2. The second kappa shape index (κ2) is 9.68. The van der Waals surface area contributed by atoms with Gasteiger partial charge in [-0.3, -0.25) is 9.36 Å². The van der Waals surface area contributed by atoms with Gasteiger partial charge in [-0.15, -0.1) is 10.2 Å². The van der Waals surface area contributed by atoms with E-state index in [1.54, 1.807) is 6.92 Å². The molecule has 2 aliphatic rings. The predicted molar refractivity (Wildman–Crippen MR) is 128 cm³/mol. The van der Waals surface area contributed by atoms with E-state index in [4.69, 9.17) is 0 Å². The van der Waals surface area contributed by atoms with Crippen molar-refractivity contribution >= 4 is 27.6 Å². The van der Waals surface area contributed by atoms with Crippen molar-refractivity contribution < 1.29 is 13.2 Å². The Balaban J connectivity index is 1.57. The lowest BCUT2D eigenvalue weighted by Gasteiger charge is -2.24. The van der Waals surface area contributed by atoms with E-state index in [1.807, 2.05) is 16.7 Å². The van der Waals surface area contributed by atoms with Crippen molar-refractivity contribution in [1.29, 1.82) is 0 Å². The van der Waals surface area contributed by atoms with Gasteiger partial charge in [-0.2, -0.15) is 0 Å². The van der Waals surface area contributed by atoms with E-state index in [9.17, 15) is 13.2 Å². The molecule has 2 N–H and O–H groups in total. The molecular weight excluding hydrogens is 442 g/mol. The van der Waals surface area contributed by atoms with Crippen LogP contribution in [0.2, 0.25) is 0 Å². The summed E-state index contributed by atoms with van der Waals surface area (Å²) in [4.78, 5) is 16.6. The zero-order valence-corrected chi connectivity index (χ0v) is 20.3. The zero-order valence-electron chi connectivity index (χ0n) is 19.5. The number of likely N-dealkylation sites (N-methyl/N-ethyl adjacent to an activating group) is 1. The number of carbonyl (C=O) groups is 1. The number of hydrogen-bond acceptors (Lipinski definition) is 7. The van der Waals surface area contributed by atoms with Gasteiger partial charge in [-0.1, -0.05) is 18.2 Å². The smallest absolute Gasteiger partial charge is 0.227 e. The van der Waals surface area contributed by atoms with Crippen LogP contribution >= 0.6 is 0 Å². The number of para-hydroxylation sites is 1. The summed E-state index contributed by atoms with van der Waals surface area (Å²) < 4.78 is 28.2. The summed E-state index contributed by atoms with van der Waals surface area (Å²) in [5, 5.41) is 11.9. The van der Waals surface area contributed by atoms with Crippen LogP contribution in [0.4, 0.5) is 11.6 Å². The molecule has 0 radical (unpaired) electrons. The summed E-state index contributed by atoms with van der Waals surface area (Å²) in [6, 6.07) is 8.10. The SMILES string of the molecule is CC(NS(C)(=O)=O)c1nnc(N2CCN(C)c3ccccc3C2)n1CCCC(=O)NC1CC1. The maximum atomic E-state index is 12.2. The van der Waals surface area contributed by atoms with Gasteiger partial charge in [0.05, 0.1) is 12.3 Å². The Morgan fingerprint density at radius 1 is 1.21 bits per heavy atom. The molecule has 1 atom stereocenters. The maximum absolute atomic E-state index is 12.2. The first-order valence-corrected chi connectivity index (χ1v) is 13.3. The van der Waals surface area contributed by atoms with Crippen LogP contribution < -0.4 is 19.8 Å². The third-order valence-corrected chi connectivity index (χ3v) is 6.80. The lowest BCUT2D eigenvalue weighted by molar-refractivity contribution is -0.121. The number of anilines is 2. The average molecular weight is 476 g/mol. The van der Waals surface area contributed by atoms with E-state index in [1.165, 1.54) is 11.3 Å². The van der Waals surface area contributed by atoms with Gasteiger partial charge in [0.1, 0.15) is 0 Å². The quantitative estimate of drug-likeness (QED) is 0.564. The van der Waals surface area contributed by atoms with Gasteiger partial charge in [0.2, 0.25) is 21.9 Å². The second-order valence-electron chi connectivity index (χ2n) is 9.04. The van der Waals surface area contributed by atoms with Crippen molar-refractivity contribution in [2.24, 2.45) is 0 Å². The Morgan fingerprint density at radius 3 is 2.70 bits per heavy atom. The minimum absolute atomic E-state index is 0.0568. The third kappa shape index (κ3) is 6.02. The topological polar surface area (TPSA) is 112 Å². The van der Waals surface area contributed by atoms with Gasteiger partial charge in [0.15, 0.2) is 5.82 Å². The first kappa shape index (κ1) is 23.5. The van der Waals surface area contributed by atoms with Crippen LogP contribution in [0.5, 0.6) is 0 Å². The summed E-state index contributed by atoms with van der Waals surface area (Å²) in [6.45, 7) is 4.53. The van der Waals surface area contributed by atoms with Crippen molar-refractivity contribution in [2.75, 3.05) is 36.2 Å². The molecule has 10 nitrogen and oxygen atoms in total. The normalized spacial score (nSPS) is 17.4. The molecule has 0 bridgehead atoms. The van der Waals surface area contributed by atoms with Crippen molar-refractivity contribution in [3.8, 4) is 0 Å². The Labute approximate surface area is 195 Å². The standard InChI is InChI=1S/C22H33N7O3S/c1-16(26-33(3,31)32)21-24-25-22(29(21)12-6-9-20(30)23-18-10-11-18)28-14-13-27(2)19-8-5-4-7-17(19)15-28/h4-5,7-8,16,18,26H,6,9-15H2,1-3H3,(H,23,30). The number of aromatic nitrogens is 3. The Hall–Kier alpha value is -2.66. The van der Waals surface area contributed by atoms with Crippen molar-refractivity contribution in [3.63, 3.8) is 0 Å². The maximum Gasteiger partial charge on any atom is 0.227 e. The van der Waals surface area contributed by atoms with Crippen LogP contribution in [0.15, 0.2) is 24.3 Å². The minimum Gasteiger partial charge on any atom is -0.373 e. The molecule has 1 aromatic carbocycles. The molecular formula is C22H33N7O3S. The number of amides is 1. The van der Waals surface area contributed by atoms with Gasteiger partial charge in [-0.05, 0) is 37.8 Å². The van der Waals surface area contributed by atoms with Gasteiger partial charge in [0, 0.05) is 51.4 Å². The van der Waals surface area contributed by atoms with Crippen molar-refractivity contribution in [1.82, 2.24) is 24.8 Å². The van der Waals surface area contributed by atoms with Gasteiger partial charge in [0.25, 0.3) is 0 Å². The fourth-order valence-electron chi connectivity index (χ4n) is 4.24. The fraction of sp³-hybridized carbons (Fsp3) is 0.591. The van der Waals surface area contributed by atoms with Crippen LogP contribution in [0.1, 0.15) is 50.0 Å². The van der Waals surface area contributed by atoms with E-state index in [-0.39, 0.29) is 5.91 Å². The summed E-state index contributed by atoms with van der Waals surface area (Å²) in [6.07, 6.45) is 4.28. The molecule has 1 amide bonds. The Bertz CT molecular complexity index is 1100. The van der Waals surface area contributed by atoms with E-state index in [2.05, 4.69) is 49.2 Å². The first-order chi connectivity index (χ1) is 15.7. The lowest BCUT2D eigenvalue weighted by Crippen LogP contribution is -2.32. The largest absolute Gasteiger partial charge is 0.373 e. The molecule has 4 rings (SSSR count). The molecule has 0 saturated heterocycles. The van der Waals surface area contributed by atoms with E-state index in [0.29, 0.717) is 43.7 Å². The van der Waals surface area contributed by atoms with Crippen LogP contribution in [0.25, 0.3) is 0 Å². The molecule has 180 valence electrons. The summed E-state index contributed by atoms with van der Waals surface area (Å²) >= 11 is 0. The molecule has 2 heterocycles. The molecule has 11 heteroatoms. The van der Waals surface area contributed by atoms with E-state index in [0.717, 1.165) is 32.2 Å². The molecule has 33 heavy (non-hydrogen) atoms. The average Bonchev–Trinajstić information content (AvgIpc) is 3.48. The molecule has 1 unspecified atom stereocenters. The number of carbonyl (C=O) groups excluding carboxylic acids is 1. The first-order valence-electron chi connectivity index (χ1n) is 11.4. The predicted octanol–water partition coefficient (Wildman–Crippen LogP) is 1.40. The highest BCUT2D eigenvalue weighted by Gasteiger charge is 2.27. The number of rotatable bonds is 9. The molecule has 2 aromatic rings. The van der Waals surface area contributed by atoms with E-state index < -0.39 is 16.1 Å². The highest BCUT2D eigenvalue weighted by atomic mass is 32.2. The molecule has 1 aromatic heterocycles. The molecule has 1 saturated carbocycles. The Morgan fingerprint density at radius 2 is 1.97 bits per heavy atom. The highest BCUT2D eigenvalue weighted by Crippen LogP contribution is 2.28. The number of nitrogens with zero attached hydrogens (tertiary/aromatic N) is 5. The Kier molecular flexibility index (Phi) is 6.89. The zero-order chi connectivity index (χ0) is 23.6. The lowest BCUT2D eigenvalue weighted by atomic mass is 10.1. The second-order valence-corrected chi connectivity index (χ2v) is 10.8. The molecule has 1 aliphatic heterocycles. The number of sulfonamides is 1. The van der Waals surface area contributed by atoms with Crippen molar-refractivity contribution in [3.05, 3.63) is 35.7 Å². The van der Waals surface area contributed by atoms with Gasteiger partial charge >= 0.3 is 0 Å².